The van der Waals surface area contributed by atoms with Crippen LogP contribution in [0.1, 0.15) is 22.7 Å². The highest BCUT2D eigenvalue weighted by atomic mass is 16.5. The fourth-order valence-electron chi connectivity index (χ4n) is 2.80. The van der Waals surface area contributed by atoms with Gasteiger partial charge in [-0.05, 0) is 42.7 Å². The molecule has 3 heteroatoms. The molecule has 104 valence electrons. The number of para-hydroxylation sites is 2. The standard InChI is InChI=1S/C17H19NO2/c1-11-8-13(9-12(2)17(11)19-3)15-10-20-16-7-5-4-6-14(16)18-15/h4-9,15,18H,10H2,1-3H3. The van der Waals surface area contributed by atoms with Crippen LogP contribution in [0.25, 0.3) is 0 Å². The molecule has 1 N–H and O–H groups in total. The van der Waals surface area contributed by atoms with Crippen LogP contribution in [-0.2, 0) is 0 Å². The van der Waals surface area contributed by atoms with Crippen LogP contribution in [0.5, 0.6) is 11.5 Å². The zero-order valence-electron chi connectivity index (χ0n) is 12.1. The van der Waals surface area contributed by atoms with Gasteiger partial charge in [-0.2, -0.15) is 0 Å². The molecule has 3 rings (SSSR count). The average molecular weight is 269 g/mol. The van der Waals surface area contributed by atoms with Crippen LogP contribution in [0.3, 0.4) is 0 Å². The Labute approximate surface area is 119 Å². The first kappa shape index (κ1) is 12.9. The quantitative estimate of drug-likeness (QED) is 0.898. The van der Waals surface area contributed by atoms with Crippen LogP contribution in [0, 0.1) is 13.8 Å². The van der Waals surface area contributed by atoms with Crippen molar-refractivity contribution < 1.29 is 9.47 Å². The SMILES string of the molecule is COc1c(C)cc(C2COc3ccccc3N2)cc1C. The van der Waals surface area contributed by atoms with Gasteiger partial charge in [-0.25, -0.2) is 0 Å². The van der Waals surface area contributed by atoms with E-state index in [0.29, 0.717) is 6.61 Å². The normalized spacial score (nSPS) is 16.9. The molecule has 0 bridgehead atoms. The largest absolute Gasteiger partial charge is 0.496 e. The van der Waals surface area contributed by atoms with Crippen LogP contribution in [-0.4, -0.2) is 13.7 Å². The fraction of sp³-hybridized carbons (Fsp3) is 0.294. The van der Waals surface area contributed by atoms with Crippen molar-refractivity contribution in [3.05, 3.63) is 53.1 Å². The van der Waals surface area contributed by atoms with Crippen molar-refractivity contribution in [1.29, 1.82) is 0 Å². The highest BCUT2D eigenvalue weighted by Gasteiger charge is 2.21. The molecule has 0 aromatic heterocycles. The van der Waals surface area contributed by atoms with Gasteiger partial charge in [0.1, 0.15) is 18.1 Å². The van der Waals surface area contributed by atoms with E-state index >= 15 is 0 Å². The first-order chi connectivity index (χ1) is 9.69. The van der Waals surface area contributed by atoms with Crippen LogP contribution < -0.4 is 14.8 Å². The topological polar surface area (TPSA) is 30.5 Å². The minimum atomic E-state index is 0.174. The molecule has 0 saturated carbocycles. The number of benzene rings is 2. The molecule has 0 saturated heterocycles. The number of hydrogen-bond acceptors (Lipinski definition) is 3. The Morgan fingerprint density at radius 2 is 1.85 bits per heavy atom. The molecule has 0 spiro atoms. The van der Waals surface area contributed by atoms with E-state index < -0.39 is 0 Å². The summed E-state index contributed by atoms with van der Waals surface area (Å²) in [5.74, 6) is 1.89. The van der Waals surface area contributed by atoms with Crippen LogP contribution in [0.4, 0.5) is 5.69 Å². The highest BCUT2D eigenvalue weighted by molar-refractivity contribution is 5.59. The van der Waals surface area contributed by atoms with Crippen molar-refractivity contribution in [3.63, 3.8) is 0 Å². The van der Waals surface area contributed by atoms with Crippen molar-refractivity contribution in [1.82, 2.24) is 0 Å². The molecule has 20 heavy (non-hydrogen) atoms. The molecule has 0 amide bonds. The van der Waals surface area contributed by atoms with Gasteiger partial charge in [0.05, 0.1) is 18.8 Å². The molecule has 2 aromatic rings. The number of methoxy groups -OCH3 is 1. The summed E-state index contributed by atoms with van der Waals surface area (Å²) in [7, 11) is 1.72. The number of hydrogen-bond donors (Lipinski definition) is 1. The summed E-state index contributed by atoms with van der Waals surface area (Å²) in [6, 6.07) is 12.5. The Morgan fingerprint density at radius 3 is 2.55 bits per heavy atom. The minimum Gasteiger partial charge on any atom is -0.496 e. The summed E-state index contributed by atoms with van der Waals surface area (Å²) >= 11 is 0. The van der Waals surface area contributed by atoms with E-state index in [0.717, 1.165) is 28.3 Å². The summed E-state index contributed by atoms with van der Waals surface area (Å²) in [6.07, 6.45) is 0. The average Bonchev–Trinajstić information content (AvgIpc) is 2.46. The van der Waals surface area contributed by atoms with E-state index in [4.69, 9.17) is 9.47 Å². The summed E-state index contributed by atoms with van der Waals surface area (Å²) in [5.41, 5.74) is 4.59. The van der Waals surface area contributed by atoms with Crippen LogP contribution in [0.2, 0.25) is 0 Å². The summed E-state index contributed by atoms with van der Waals surface area (Å²) in [5, 5.41) is 3.54. The molecule has 1 heterocycles. The van der Waals surface area contributed by atoms with Gasteiger partial charge in [0.2, 0.25) is 0 Å². The number of nitrogens with one attached hydrogen (secondary N) is 1. The van der Waals surface area contributed by atoms with Crippen LogP contribution >= 0.6 is 0 Å². The third kappa shape index (κ3) is 2.20. The van der Waals surface area contributed by atoms with Crippen molar-refractivity contribution in [3.8, 4) is 11.5 Å². The number of fused-ring (bicyclic) bond motifs is 1. The van der Waals surface area contributed by atoms with Gasteiger partial charge in [-0.1, -0.05) is 24.3 Å². The Bertz CT molecular complexity index is 614. The van der Waals surface area contributed by atoms with E-state index in [9.17, 15) is 0 Å². The molecule has 1 unspecified atom stereocenters. The van der Waals surface area contributed by atoms with Crippen molar-refractivity contribution >= 4 is 5.69 Å². The van der Waals surface area contributed by atoms with E-state index in [1.54, 1.807) is 7.11 Å². The Kier molecular flexibility index (Phi) is 3.26. The predicted molar refractivity (Wildman–Crippen MR) is 80.8 cm³/mol. The zero-order valence-corrected chi connectivity index (χ0v) is 12.1. The van der Waals surface area contributed by atoms with Gasteiger partial charge < -0.3 is 14.8 Å². The van der Waals surface area contributed by atoms with Crippen LogP contribution in [0.15, 0.2) is 36.4 Å². The molecule has 1 aliphatic rings. The lowest BCUT2D eigenvalue weighted by Gasteiger charge is -2.28. The summed E-state index contributed by atoms with van der Waals surface area (Å²) in [4.78, 5) is 0. The van der Waals surface area contributed by atoms with Gasteiger partial charge in [0.25, 0.3) is 0 Å². The highest BCUT2D eigenvalue weighted by Crippen LogP contribution is 2.35. The second kappa shape index (κ2) is 5.08. The molecule has 3 nitrogen and oxygen atoms in total. The van der Waals surface area contributed by atoms with Gasteiger partial charge in [-0.3, -0.25) is 0 Å². The molecular weight excluding hydrogens is 250 g/mol. The van der Waals surface area contributed by atoms with Gasteiger partial charge in [0.15, 0.2) is 0 Å². The molecule has 0 fully saturated rings. The second-order valence-corrected chi connectivity index (χ2v) is 5.19. The molecule has 1 atom stereocenters. The van der Waals surface area contributed by atoms with E-state index in [2.05, 4.69) is 31.3 Å². The van der Waals surface area contributed by atoms with Crippen molar-refractivity contribution in [2.24, 2.45) is 0 Å². The van der Waals surface area contributed by atoms with E-state index in [1.807, 2.05) is 24.3 Å². The first-order valence-electron chi connectivity index (χ1n) is 6.82. The molecule has 2 aromatic carbocycles. The number of rotatable bonds is 2. The number of anilines is 1. The third-order valence-electron chi connectivity index (χ3n) is 3.71. The lowest BCUT2D eigenvalue weighted by molar-refractivity contribution is 0.286. The Balaban J connectivity index is 1.92. The van der Waals surface area contributed by atoms with Gasteiger partial charge >= 0.3 is 0 Å². The summed E-state index contributed by atoms with van der Waals surface area (Å²) in [6.45, 7) is 4.79. The third-order valence-corrected chi connectivity index (χ3v) is 3.71. The Hall–Kier alpha value is -2.16. The van der Waals surface area contributed by atoms with Crippen molar-refractivity contribution in [2.75, 3.05) is 19.0 Å². The molecule has 0 radical (unpaired) electrons. The predicted octanol–water partition coefficient (Wildman–Crippen LogP) is 3.86. The fourth-order valence-corrected chi connectivity index (χ4v) is 2.80. The molecule has 1 aliphatic heterocycles. The lowest BCUT2D eigenvalue weighted by Crippen LogP contribution is -2.24. The maximum absolute atomic E-state index is 5.83. The molecule has 0 aliphatic carbocycles. The minimum absolute atomic E-state index is 0.174. The Morgan fingerprint density at radius 1 is 1.15 bits per heavy atom. The second-order valence-electron chi connectivity index (χ2n) is 5.19. The van der Waals surface area contributed by atoms with E-state index in [-0.39, 0.29) is 6.04 Å². The first-order valence-corrected chi connectivity index (χ1v) is 6.82. The smallest absolute Gasteiger partial charge is 0.142 e. The van der Waals surface area contributed by atoms with Gasteiger partial charge in [-0.15, -0.1) is 0 Å². The zero-order chi connectivity index (χ0) is 14.1. The summed E-state index contributed by atoms with van der Waals surface area (Å²) < 4.78 is 11.3. The number of aryl methyl sites for hydroxylation is 2. The number of ether oxygens (including phenoxy) is 2. The lowest BCUT2D eigenvalue weighted by atomic mass is 9.99. The van der Waals surface area contributed by atoms with Crippen molar-refractivity contribution in [2.45, 2.75) is 19.9 Å². The maximum atomic E-state index is 5.83. The molecular formula is C17H19NO2. The van der Waals surface area contributed by atoms with E-state index in [1.165, 1.54) is 5.56 Å². The maximum Gasteiger partial charge on any atom is 0.142 e. The van der Waals surface area contributed by atoms with Gasteiger partial charge in [0, 0.05) is 0 Å². The monoisotopic (exact) mass is 269 g/mol.